The molecular formula is C20H26N4O. The van der Waals surface area contributed by atoms with Gasteiger partial charge in [0.15, 0.2) is 0 Å². The number of rotatable bonds is 3. The fourth-order valence-corrected chi connectivity index (χ4v) is 3.84. The topological polar surface area (TPSA) is 41.5 Å². The molecule has 2 aromatic rings. The molecule has 0 radical (unpaired) electrons. The summed E-state index contributed by atoms with van der Waals surface area (Å²) in [4.78, 5) is 13.8. The third kappa shape index (κ3) is 3.47. The van der Waals surface area contributed by atoms with Crippen molar-refractivity contribution in [1.29, 1.82) is 0 Å². The molecule has 2 saturated heterocycles. The van der Waals surface area contributed by atoms with Gasteiger partial charge in [0.05, 0.1) is 13.2 Å². The molecular weight excluding hydrogens is 312 g/mol. The van der Waals surface area contributed by atoms with E-state index in [1.807, 2.05) is 6.07 Å². The monoisotopic (exact) mass is 338 g/mol. The molecule has 0 N–H and O–H groups in total. The van der Waals surface area contributed by atoms with E-state index in [-0.39, 0.29) is 5.60 Å². The Bertz CT molecular complexity index is 702. The van der Waals surface area contributed by atoms with Gasteiger partial charge in [-0.05, 0) is 31.7 Å². The lowest BCUT2D eigenvalue weighted by molar-refractivity contribution is -0.0468. The summed E-state index contributed by atoms with van der Waals surface area (Å²) < 4.78 is 6.15. The average Bonchev–Trinajstić information content (AvgIpc) is 2.70. The summed E-state index contributed by atoms with van der Waals surface area (Å²) in [7, 11) is 0. The second-order valence-electron chi connectivity index (χ2n) is 7.15. The second-order valence-corrected chi connectivity index (χ2v) is 7.15. The number of piperidine rings is 1. The normalized spacial score (nSPS) is 24.4. The number of ether oxygens (including phenoxy) is 1. The molecule has 132 valence electrons. The molecule has 0 saturated carbocycles. The molecule has 4 rings (SSSR count). The first-order valence-electron chi connectivity index (χ1n) is 9.26. The van der Waals surface area contributed by atoms with Crippen LogP contribution < -0.4 is 9.80 Å². The van der Waals surface area contributed by atoms with Gasteiger partial charge in [0.2, 0.25) is 0 Å². The average molecular weight is 338 g/mol. The summed E-state index contributed by atoms with van der Waals surface area (Å²) in [5.41, 5.74) is 0.903. The molecule has 25 heavy (non-hydrogen) atoms. The molecule has 0 spiro atoms. The van der Waals surface area contributed by atoms with E-state index in [0.29, 0.717) is 6.61 Å². The zero-order chi connectivity index (χ0) is 17.1. The van der Waals surface area contributed by atoms with Gasteiger partial charge in [-0.2, -0.15) is 0 Å². The lowest BCUT2D eigenvalue weighted by Crippen LogP contribution is -2.48. The van der Waals surface area contributed by atoms with Gasteiger partial charge in [-0.1, -0.05) is 30.3 Å². The summed E-state index contributed by atoms with van der Waals surface area (Å²) in [5.74, 6) is 2.05. The van der Waals surface area contributed by atoms with E-state index in [4.69, 9.17) is 4.74 Å². The molecule has 5 heteroatoms. The molecule has 1 aromatic carbocycles. The van der Waals surface area contributed by atoms with Gasteiger partial charge in [0, 0.05) is 25.7 Å². The van der Waals surface area contributed by atoms with E-state index >= 15 is 0 Å². The van der Waals surface area contributed by atoms with Crippen molar-refractivity contribution < 1.29 is 4.74 Å². The molecule has 0 amide bonds. The number of aromatic nitrogens is 2. The molecule has 2 fully saturated rings. The van der Waals surface area contributed by atoms with Crippen LogP contribution in [-0.4, -0.2) is 42.8 Å². The minimum absolute atomic E-state index is 0.310. The smallest absolute Gasteiger partial charge is 0.134 e. The Morgan fingerprint density at radius 2 is 1.64 bits per heavy atom. The van der Waals surface area contributed by atoms with Crippen LogP contribution in [0.3, 0.4) is 0 Å². The highest BCUT2D eigenvalue weighted by Crippen LogP contribution is 2.31. The molecule has 1 atom stereocenters. The highest BCUT2D eigenvalue weighted by Gasteiger charge is 2.34. The molecule has 2 aliphatic rings. The molecule has 0 bridgehead atoms. The van der Waals surface area contributed by atoms with Gasteiger partial charge in [-0.25, -0.2) is 9.97 Å². The van der Waals surface area contributed by atoms with E-state index in [0.717, 1.165) is 37.8 Å². The first kappa shape index (κ1) is 16.3. The zero-order valence-electron chi connectivity index (χ0n) is 14.9. The Morgan fingerprint density at radius 1 is 0.920 bits per heavy atom. The molecule has 1 aromatic heterocycles. The van der Waals surface area contributed by atoms with Gasteiger partial charge in [-0.15, -0.1) is 0 Å². The van der Waals surface area contributed by atoms with Gasteiger partial charge in [0.1, 0.15) is 23.6 Å². The van der Waals surface area contributed by atoms with E-state index in [1.165, 1.54) is 24.8 Å². The van der Waals surface area contributed by atoms with Crippen molar-refractivity contribution in [3.05, 3.63) is 48.3 Å². The molecule has 0 aliphatic carbocycles. The summed E-state index contributed by atoms with van der Waals surface area (Å²) >= 11 is 0. The SMILES string of the molecule is CC1(c2ccccc2)CN(c2cc(N3CCCCC3)ncn2)CCO1. The minimum atomic E-state index is -0.310. The number of hydrogen-bond donors (Lipinski definition) is 0. The fraction of sp³-hybridized carbons (Fsp3) is 0.500. The Hall–Kier alpha value is -2.14. The van der Waals surface area contributed by atoms with Crippen LogP contribution in [0.1, 0.15) is 31.7 Å². The number of hydrogen-bond acceptors (Lipinski definition) is 5. The van der Waals surface area contributed by atoms with Crippen LogP contribution >= 0.6 is 0 Å². The summed E-state index contributed by atoms with van der Waals surface area (Å²) in [5, 5.41) is 0. The van der Waals surface area contributed by atoms with Crippen molar-refractivity contribution in [2.75, 3.05) is 42.6 Å². The first-order valence-corrected chi connectivity index (χ1v) is 9.26. The van der Waals surface area contributed by atoms with Crippen LogP contribution in [0.25, 0.3) is 0 Å². The van der Waals surface area contributed by atoms with E-state index in [2.05, 4.69) is 57.0 Å². The lowest BCUT2D eigenvalue weighted by atomic mass is 9.94. The first-order chi connectivity index (χ1) is 12.2. The van der Waals surface area contributed by atoms with Crippen LogP contribution in [-0.2, 0) is 10.3 Å². The number of anilines is 2. The van der Waals surface area contributed by atoms with E-state index in [1.54, 1.807) is 6.33 Å². The van der Waals surface area contributed by atoms with Gasteiger partial charge in [-0.3, -0.25) is 0 Å². The summed E-state index contributed by atoms with van der Waals surface area (Å²) in [6, 6.07) is 12.6. The molecule has 2 aliphatic heterocycles. The van der Waals surface area contributed by atoms with Gasteiger partial charge in [0.25, 0.3) is 0 Å². The van der Waals surface area contributed by atoms with E-state index in [9.17, 15) is 0 Å². The summed E-state index contributed by atoms with van der Waals surface area (Å²) in [6.45, 7) is 6.73. The minimum Gasteiger partial charge on any atom is -0.367 e. The fourth-order valence-electron chi connectivity index (χ4n) is 3.84. The Balaban J connectivity index is 1.55. The standard InChI is InChI=1S/C20H26N4O/c1-20(17-8-4-2-5-9-17)15-24(12-13-25-20)19-14-18(21-16-22-19)23-10-6-3-7-11-23/h2,4-5,8-9,14,16H,3,6-7,10-13,15H2,1H3. The van der Waals surface area contributed by atoms with Gasteiger partial charge < -0.3 is 14.5 Å². The summed E-state index contributed by atoms with van der Waals surface area (Å²) in [6.07, 6.45) is 5.54. The largest absolute Gasteiger partial charge is 0.367 e. The van der Waals surface area contributed by atoms with Gasteiger partial charge >= 0.3 is 0 Å². The maximum absolute atomic E-state index is 6.15. The molecule has 3 heterocycles. The lowest BCUT2D eigenvalue weighted by Gasteiger charge is -2.41. The third-order valence-electron chi connectivity index (χ3n) is 5.30. The predicted octanol–water partition coefficient (Wildman–Crippen LogP) is 3.22. The predicted molar refractivity (Wildman–Crippen MR) is 100 cm³/mol. The Labute approximate surface area is 149 Å². The maximum atomic E-state index is 6.15. The van der Waals surface area contributed by atoms with Crippen LogP contribution in [0.15, 0.2) is 42.7 Å². The van der Waals surface area contributed by atoms with Crippen molar-refractivity contribution in [3.63, 3.8) is 0 Å². The van der Waals surface area contributed by atoms with Crippen LogP contribution in [0, 0.1) is 0 Å². The maximum Gasteiger partial charge on any atom is 0.134 e. The van der Waals surface area contributed by atoms with Crippen molar-refractivity contribution >= 4 is 11.6 Å². The number of nitrogens with zero attached hydrogens (tertiary/aromatic N) is 4. The Morgan fingerprint density at radius 3 is 2.40 bits per heavy atom. The zero-order valence-corrected chi connectivity index (χ0v) is 14.9. The Kier molecular flexibility index (Phi) is 4.57. The van der Waals surface area contributed by atoms with Crippen LogP contribution in [0.5, 0.6) is 0 Å². The van der Waals surface area contributed by atoms with Crippen molar-refractivity contribution in [2.24, 2.45) is 0 Å². The third-order valence-corrected chi connectivity index (χ3v) is 5.30. The van der Waals surface area contributed by atoms with Crippen molar-refractivity contribution in [3.8, 4) is 0 Å². The molecule has 5 nitrogen and oxygen atoms in total. The highest BCUT2D eigenvalue weighted by molar-refractivity contribution is 5.51. The second kappa shape index (κ2) is 7.00. The van der Waals surface area contributed by atoms with Crippen LogP contribution in [0.2, 0.25) is 0 Å². The van der Waals surface area contributed by atoms with Crippen molar-refractivity contribution in [1.82, 2.24) is 9.97 Å². The highest BCUT2D eigenvalue weighted by atomic mass is 16.5. The number of morpholine rings is 1. The number of benzene rings is 1. The van der Waals surface area contributed by atoms with Crippen LogP contribution in [0.4, 0.5) is 11.6 Å². The molecule has 1 unspecified atom stereocenters. The van der Waals surface area contributed by atoms with Crippen molar-refractivity contribution in [2.45, 2.75) is 31.8 Å². The quantitative estimate of drug-likeness (QED) is 0.859. The van der Waals surface area contributed by atoms with E-state index < -0.39 is 0 Å².